The van der Waals surface area contributed by atoms with Gasteiger partial charge in [-0.05, 0) is 26.3 Å². The molecule has 2 heterocycles. The van der Waals surface area contributed by atoms with Crippen LogP contribution in [0.5, 0.6) is 0 Å². The van der Waals surface area contributed by atoms with E-state index in [0.29, 0.717) is 5.82 Å². The van der Waals surface area contributed by atoms with Crippen molar-refractivity contribution in [2.24, 2.45) is 0 Å². The zero-order chi connectivity index (χ0) is 18.0. The molecule has 3 rings (SSSR count). The van der Waals surface area contributed by atoms with Crippen molar-refractivity contribution >= 4 is 22.8 Å². The molecule has 0 aliphatic heterocycles. The molecular formula is C18H21N5O2. The molecule has 0 radical (unpaired) electrons. The van der Waals surface area contributed by atoms with Crippen molar-refractivity contribution < 1.29 is 9.90 Å². The van der Waals surface area contributed by atoms with Crippen molar-refractivity contribution in [3.05, 3.63) is 53.9 Å². The molecule has 0 saturated heterocycles. The molecule has 3 aromatic rings. The Hall–Kier alpha value is -2.93. The summed E-state index contributed by atoms with van der Waals surface area (Å²) in [5, 5.41) is 23.9. The molecule has 2 aromatic heterocycles. The number of aryl methyl sites for hydroxylation is 1. The number of aromatic nitrogens is 3. The monoisotopic (exact) mass is 339 g/mol. The van der Waals surface area contributed by atoms with Crippen LogP contribution in [0.2, 0.25) is 0 Å². The highest BCUT2D eigenvalue weighted by atomic mass is 16.3. The summed E-state index contributed by atoms with van der Waals surface area (Å²) in [7, 11) is 0. The second-order valence-corrected chi connectivity index (χ2v) is 6.53. The van der Waals surface area contributed by atoms with Gasteiger partial charge in [0.1, 0.15) is 5.82 Å². The molecule has 25 heavy (non-hydrogen) atoms. The molecule has 4 N–H and O–H groups in total. The van der Waals surface area contributed by atoms with Crippen LogP contribution in [0.25, 0.3) is 10.9 Å². The number of aromatic amines is 1. The Morgan fingerprint density at radius 2 is 2.00 bits per heavy atom. The normalized spacial score (nSPS) is 12.8. The van der Waals surface area contributed by atoms with Crippen LogP contribution in [0.3, 0.4) is 0 Å². The number of anilines is 1. The summed E-state index contributed by atoms with van der Waals surface area (Å²) < 4.78 is 0. The second kappa shape index (κ2) is 6.52. The molecule has 1 aromatic carbocycles. The summed E-state index contributed by atoms with van der Waals surface area (Å²) in [5.74, 6) is 0.388. The number of benzene rings is 1. The Morgan fingerprint density at radius 1 is 1.28 bits per heavy atom. The van der Waals surface area contributed by atoms with Crippen molar-refractivity contribution in [1.82, 2.24) is 20.5 Å². The van der Waals surface area contributed by atoms with E-state index in [9.17, 15) is 9.90 Å². The maximum atomic E-state index is 12.4. The van der Waals surface area contributed by atoms with E-state index >= 15 is 0 Å². The first-order valence-electron chi connectivity index (χ1n) is 8.00. The van der Waals surface area contributed by atoms with Crippen LogP contribution in [-0.4, -0.2) is 31.9 Å². The summed E-state index contributed by atoms with van der Waals surface area (Å²) in [5.41, 5.74) is 1.33. The molecule has 0 spiro atoms. The second-order valence-electron chi connectivity index (χ2n) is 6.53. The van der Waals surface area contributed by atoms with Gasteiger partial charge >= 0.3 is 6.03 Å². The summed E-state index contributed by atoms with van der Waals surface area (Å²) in [4.78, 5) is 16.6. The third-order valence-electron chi connectivity index (χ3n) is 3.99. The number of amides is 2. The number of pyridine rings is 1. The van der Waals surface area contributed by atoms with E-state index in [2.05, 4.69) is 25.8 Å². The SMILES string of the molecule is Cc1[nH]nc2cc(NC(=O)NC(c3ccccc3)C(C)(C)O)ncc12. The average Bonchev–Trinajstić information content (AvgIpc) is 2.93. The van der Waals surface area contributed by atoms with E-state index in [0.717, 1.165) is 22.2 Å². The largest absolute Gasteiger partial charge is 0.388 e. The Morgan fingerprint density at radius 3 is 2.68 bits per heavy atom. The molecule has 0 saturated carbocycles. The number of fused-ring (bicyclic) bond motifs is 1. The van der Waals surface area contributed by atoms with Gasteiger partial charge in [0.25, 0.3) is 0 Å². The Kier molecular flexibility index (Phi) is 4.41. The van der Waals surface area contributed by atoms with Gasteiger partial charge in [-0.3, -0.25) is 10.4 Å². The van der Waals surface area contributed by atoms with Crippen molar-refractivity contribution in [2.75, 3.05) is 5.32 Å². The fraction of sp³-hybridized carbons (Fsp3) is 0.278. The summed E-state index contributed by atoms with van der Waals surface area (Å²) in [6, 6.07) is 10.0. The zero-order valence-corrected chi connectivity index (χ0v) is 14.4. The number of rotatable bonds is 4. The number of H-pyrrole nitrogens is 1. The van der Waals surface area contributed by atoms with Gasteiger partial charge in [-0.2, -0.15) is 5.10 Å². The number of hydrogen-bond acceptors (Lipinski definition) is 4. The number of carbonyl (C=O) groups excluding carboxylic acids is 1. The van der Waals surface area contributed by atoms with Gasteiger partial charge in [-0.1, -0.05) is 30.3 Å². The van der Waals surface area contributed by atoms with E-state index < -0.39 is 17.7 Å². The van der Waals surface area contributed by atoms with Gasteiger partial charge in [0.15, 0.2) is 0 Å². The number of hydrogen-bond donors (Lipinski definition) is 4. The smallest absolute Gasteiger partial charge is 0.320 e. The molecule has 0 fully saturated rings. The fourth-order valence-corrected chi connectivity index (χ4v) is 2.70. The zero-order valence-electron chi connectivity index (χ0n) is 14.4. The lowest BCUT2D eigenvalue weighted by Crippen LogP contribution is -2.43. The third kappa shape index (κ3) is 3.77. The Bertz CT molecular complexity index is 883. The number of carbonyl (C=O) groups is 1. The minimum atomic E-state index is -1.13. The lowest BCUT2D eigenvalue weighted by Gasteiger charge is -2.30. The van der Waals surface area contributed by atoms with Gasteiger partial charge in [0.05, 0.1) is 17.2 Å². The molecular weight excluding hydrogens is 318 g/mol. The van der Waals surface area contributed by atoms with E-state index in [4.69, 9.17) is 0 Å². The predicted octanol–water partition coefficient (Wildman–Crippen LogP) is 2.90. The molecule has 0 aliphatic carbocycles. The number of nitrogens with zero attached hydrogens (tertiary/aromatic N) is 2. The third-order valence-corrected chi connectivity index (χ3v) is 3.99. The minimum Gasteiger partial charge on any atom is -0.388 e. The van der Waals surface area contributed by atoms with E-state index in [1.165, 1.54) is 0 Å². The maximum Gasteiger partial charge on any atom is 0.320 e. The highest BCUT2D eigenvalue weighted by Crippen LogP contribution is 2.25. The molecule has 0 aliphatic rings. The Balaban J connectivity index is 1.77. The standard InChI is InChI=1S/C18H21N5O2/c1-11-13-10-19-15(9-14(13)23-22-11)20-17(24)21-16(18(2,3)25)12-7-5-4-6-8-12/h4-10,16,25H,1-3H3,(H,22,23)(H2,19,20,21,24). The lowest BCUT2D eigenvalue weighted by molar-refractivity contribution is 0.0415. The number of nitrogens with one attached hydrogen (secondary N) is 3. The first kappa shape index (κ1) is 16.9. The van der Waals surface area contributed by atoms with Crippen molar-refractivity contribution in [3.8, 4) is 0 Å². The maximum absolute atomic E-state index is 12.4. The minimum absolute atomic E-state index is 0.388. The lowest BCUT2D eigenvalue weighted by atomic mass is 9.92. The van der Waals surface area contributed by atoms with Crippen molar-refractivity contribution in [3.63, 3.8) is 0 Å². The highest BCUT2D eigenvalue weighted by Gasteiger charge is 2.29. The van der Waals surface area contributed by atoms with Crippen LogP contribution in [0, 0.1) is 6.92 Å². The molecule has 7 nitrogen and oxygen atoms in total. The molecule has 130 valence electrons. The van der Waals surface area contributed by atoms with E-state index in [1.54, 1.807) is 26.1 Å². The number of aliphatic hydroxyl groups is 1. The topological polar surface area (TPSA) is 103 Å². The van der Waals surface area contributed by atoms with Gasteiger partial charge in [0.2, 0.25) is 0 Å². The van der Waals surface area contributed by atoms with E-state index in [1.807, 2.05) is 37.3 Å². The summed E-state index contributed by atoms with van der Waals surface area (Å²) in [6.07, 6.45) is 1.66. The van der Waals surface area contributed by atoms with Crippen LogP contribution in [0.1, 0.15) is 31.1 Å². The highest BCUT2D eigenvalue weighted by molar-refractivity contribution is 5.91. The molecule has 7 heteroatoms. The number of urea groups is 1. The summed E-state index contributed by atoms with van der Waals surface area (Å²) >= 11 is 0. The Labute approximate surface area is 145 Å². The molecule has 2 amide bonds. The predicted molar refractivity (Wildman–Crippen MR) is 96.3 cm³/mol. The van der Waals surface area contributed by atoms with Gasteiger partial charge in [-0.25, -0.2) is 9.78 Å². The van der Waals surface area contributed by atoms with Crippen molar-refractivity contribution in [2.45, 2.75) is 32.4 Å². The van der Waals surface area contributed by atoms with Crippen LogP contribution >= 0.6 is 0 Å². The molecule has 1 atom stereocenters. The van der Waals surface area contributed by atoms with Crippen molar-refractivity contribution in [1.29, 1.82) is 0 Å². The van der Waals surface area contributed by atoms with Gasteiger partial charge in [0, 0.05) is 23.3 Å². The molecule has 1 unspecified atom stereocenters. The average molecular weight is 339 g/mol. The van der Waals surface area contributed by atoms with Crippen LogP contribution in [0.4, 0.5) is 10.6 Å². The van der Waals surface area contributed by atoms with Gasteiger partial charge in [-0.15, -0.1) is 0 Å². The molecule has 0 bridgehead atoms. The fourth-order valence-electron chi connectivity index (χ4n) is 2.70. The first-order valence-corrected chi connectivity index (χ1v) is 8.00. The van der Waals surface area contributed by atoms with Crippen LogP contribution in [-0.2, 0) is 0 Å². The summed E-state index contributed by atoms with van der Waals surface area (Å²) in [6.45, 7) is 5.22. The quantitative estimate of drug-likeness (QED) is 0.587. The van der Waals surface area contributed by atoms with Crippen LogP contribution < -0.4 is 10.6 Å². The van der Waals surface area contributed by atoms with Gasteiger partial charge < -0.3 is 10.4 Å². The van der Waals surface area contributed by atoms with E-state index in [-0.39, 0.29) is 0 Å². The first-order chi connectivity index (χ1) is 11.8. The van der Waals surface area contributed by atoms with Crippen LogP contribution in [0.15, 0.2) is 42.6 Å².